The first-order valence-corrected chi connectivity index (χ1v) is 8.21. The van der Waals surface area contributed by atoms with Crippen molar-refractivity contribution in [3.05, 3.63) is 35.9 Å². The lowest BCUT2D eigenvalue weighted by molar-refractivity contribution is 0.0389. The predicted molar refractivity (Wildman–Crippen MR) is 95.3 cm³/mol. The lowest BCUT2D eigenvalue weighted by atomic mass is 10.1. The molecule has 0 unspecified atom stereocenters. The first-order valence-electron chi connectivity index (χ1n) is 7.80. The molecule has 1 N–H and O–H groups in total. The van der Waals surface area contributed by atoms with Crippen molar-refractivity contribution < 1.29 is 9.47 Å². The zero-order valence-corrected chi connectivity index (χ0v) is 14.1. The maximum absolute atomic E-state index is 5.58. The van der Waals surface area contributed by atoms with Gasteiger partial charge >= 0.3 is 0 Å². The number of nitrogens with one attached hydrogen (secondary N) is 1. The van der Waals surface area contributed by atoms with Crippen molar-refractivity contribution in [2.75, 3.05) is 46.5 Å². The molecule has 3 rings (SSSR count). The van der Waals surface area contributed by atoms with Crippen molar-refractivity contribution in [1.29, 1.82) is 0 Å². The highest BCUT2D eigenvalue weighted by atomic mass is 32.1. The highest BCUT2D eigenvalue weighted by Crippen LogP contribution is 2.22. The number of thiocarbonyl (C=S) groups is 1. The van der Waals surface area contributed by atoms with E-state index in [2.05, 4.69) is 15.2 Å². The van der Waals surface area contributed by atoms with E-state index in [1.165, 1.54) is 0 Å². The van der Waals surface area contributed by atoms with E-state index >= 15 is 0 Å². The summed E-state index contributed by atoms with van der Waals surface area (Å²) >= 11 is 5.58. The first-order chi connectivity index (χ1) is 11.3. The minimum absolute atomic E-state index is 0.580. The van der Waals surface area contributed by atoms with Gasteiger partial charge in [-0.3, -0.25) is 4.90 Å². The molecule has 0 radical (unpaired) electrons. The third-order valence-corrected chi connectivity index (χ3v) is 4.33. The van der Waals surface area contributed by atoms with Crippen LogP contribution in [0.15, 0.2) is 30.3 Å². The van der Waals surface area contributed by atoms with Crippen LogP contribution in [0.5, 0.6) is 5.88 Å². The summed E-state index contributed by atoms with van der Waals surface area (Å²) in [5.74, 6) is 0.580. The summed E-state index contributed by atoms with van der Waals surface area (Å²) in [7, 11) is 1.62. The standard InChI is InChI=1S/C17H21N3O2S/c1-21-16-12-14(13-4-2-3-5-15(13)19-16)17(23)18-6-7-20-8-10-22-11-9-20/h2-5,12H,6-11H2,1H3,(H,18,23). The highest BCUT2D eigenvalue weighted by Gasteiger charge is 2.12. The molecule has 2 heterocycles. The molecule has 1 aromatic heterocycles. The first kappa shape index (κ1) is 16.1. The number of hydrogen-bond acceptors (Lipinski definition) is 5. The molecule has 1 aliphatic rings. The van der Waals surface area contributed by atoms with Crippen LogP contribution < -0.4 is 10.1 Å². The Balaban J connectivity index is 1.69. The van der Waals surface area contributed by atoms with Crippen molar-refractivity contribution in [1.82, 2.24) is 15.2 Å². The minimum atomic E-state index is 0.580. The molecule has 6 heteroatoms. The average molecular weight is 331 g/mol. The van der Waals surface area contributed by atoms with Gasteiger partial charge in [-0.25, -0.2) is 4.98 Å². The van der Waals surface area contributed by atoms with Gasteiger partial charge in [-0.15, -0.1) is 0 Å². The Morgan fingerprint density at radius 3 is 2.91 bits per heavy atom. The van der Waals surface area contributed by atoms with Crippen molar-refractivity contribution in [2.24, 2.45) is 0 Å². The SMILES string of the molecule is COc1cc(C(=S)NCCN2CCOCC2)c2ccccc2n1. The van der Waals surface area contributed by atoms with Crippen LogP contribution in [0.1, 0.15) is 5.56 Å². The second-order valence-electron chi connectivity index (χ2n) is 5.44. The maximum Gasteiger partial charge on any atom is 0.214 e. The molecule has 1 aromatic carbocycles. The Morgan fingerprint density at radius 2 is 2.13 bits per heavy atom. The number of methoxy groups -OCH3 is 1. The third-order valence-electron chi connectivity index (χ3n) is 3.96. The van der Waals surface area contributed by atoms with Gasteiger partial charge in [0.2, 0.25) is 5.88 Å². The molecule has 1 aliphatic heterocycles. The highest BCUT2D eigenvalue weighted by molar-refractivity contribution is 7.80. The number of aromatic nitrogens is 1. The van der Waals surface area contributed by atoms with Crippen LogP contribution in [0.4, 0.5) is 0 Å². The van der Waals surface area contributed by atoms with Crippen LogP contribution in [-0.2, 0) is 4.74 Å². The van der Waals surface area contributed by atoms with Gasteiger partial charge in [0, 0.05) is 43.2 Å². The molecule has 1 saturated heterocycles. The minimum Gasteiger partial charge on any atom is -0.481 e. The van der Waals surface area contributed by atoms with E-state index in [1.807, 2.05) is 30.3 Å². The van der Waals surface area contributed by atoms with Gasteiger partial charge < -0.3 is 14.8 Å². The van der Waals surface area contributed by atoms with E-state index in [9.17, 15) is 0 Å². The van der Waals surface area contributed by atoms with Gasteiger partial charge in [0.05, 0.1) is 25.8 Å². The molecule has 122 valence electrons. The second kappa shape index (κ2) is 7.68. The number of benzene rings is 1. The Morgan fingerprint density at radius 1 is 1.35 bits per heavy atom. The molecule has 0 aliphatic carbocycles. The molecule has 0 spiro atoms. The zero-order chi connectivity index (χ0) is 16.1. The molecular formula is C17H21N3O2S. The van der Waals surface area contributed by atoms with Crippen LogP contribution in [0.25, 0.3) is 10.9 Å². The van der Waals surface area contributed by atoms with E-state index in [-0.39, 0.29) is 0 Å². The zero-order valence-electron chi connectivity index (χ0n) is 13.2. The van der Waals surface area contributed by atoms with E-state index < -0.39 is 0 Å². The van der Waals surface area contributed by atoms with E-state index in [1.54, 1.807) is 7.11 Å². The van der Waals surface area contributed by atoms with Gasteiger partial charge in [0.1, 0.15) is 4.99 Å². The van der Waals surface area contributed by atoms with Gasteiger partial charge in [0.25, 0.3) is 0 Å². The van der Waals surface area contributed by atoms with Crippen LogP contribution in [0, 0.1) is 0 Å². The molecule has 0 atom stereocenters. The number of ether oxygens (including phenoxy) is 2. The summed E-state index contributed by atoms with van der Waals surface area (Å²) in [5, 5.41) is 4.39. The smallest absolute Gasteiger partial charge is 0.214 e. The van der Waals surface area contributed by atoms with Crippen molar-refractivity contribution in [3.63, 3.8) is 0 Å². The summed E-state index contributed by atoms with van der Waals surface area (Å²) in [6.07, 6.45) is 0. The van der Waals surface area contributed by atoms with Gasteiger partial charge in [-0.2, -0.15) is 0 Å². The lowest BCUT2D eigenvalue weighted by Gasteiger charge is -2.26. The summed E-state index contributed by atoms with van der Waals surface area (Å²) in [6, 6.07) is 9.86. The quantitative estimate of drug-likeness (QED) is 0.844. The van der Waals surface area contributed by atoms with Gasteiger partial charge in [-0.1, -0.05) is 30.4 Å². The largest absolute Gasteiger partial charge is 0.481 e. The Kier molecular flexibility index (Phi) is 5.38. The average Bonchev–Trinajstić information content (AvgIpc) is 2.61. The molecule has 5 nitrogen and oxygen atoms in total. The van der Waals surface area contributed by atoms with Crippen LogP contribution in [-0.4, -0.2) is 61.4 Å². The molecule has 2 aromatic rings. The maximum atomic E-state index is 5.58. The van der Waals surface area contributed by atoms with E-state index in [0.717, 1.165) is 60.8 Å². The summed E-state index contributed by atoms with van der Waals surface area (Å²) < 4.78 is 10.7. The fourth-order valence-corrected chi connectivity index (χ4v) is 2.96. The van der Waals surface area contributed by atoms with E-state index in [4.69, 9.17) is 21.7 Å². The topological polar surface area (TPSA) is 46.6 Å². The summed E-state index contributed by atoms with van der Waals surface area (Å²) in [4.78, 5) is 7.57. The Bertz CT molecular complexity index is 687. The van der Waals surface area contributed by atoms with Crippen molar-refractivity contribution >= 4 is 28.1 Å². The van der Waals surface area contributed by atoms with Crippen molar-refractivity contribution in [2.45, 2.75) is 0 Å². The fourth-order valence-electron chi connectivity index (χ4n) is 2.69. The molecular weight excluding hydrogens is 310 g/mol. The predicted octanol–water partition coefficient (Wildman–Crippen LogP) is 1.84. The number of fused-ring (bicyclic) bond motifs is 1. The molecule has 0 bridgehead atoms. The normalized spacial score (nSPS) is 15.5. The van der Waals surface area contributed by atoms with E-state index in [0.29, 0.717) is 5.88 Å². The van der Waals surface area contributed by atoms with Crippen LogP contribution >= 0.6 is 12.2 Å². The Hall–Kier alpha value is -1.76. The number of para-hydroxylation sites is 1. The monoisotopic (exact) mass is 331 g/mol. The molecule has 0 saturated carbocycles. The van der Waals surface area contributed by atoms with Crippen molar-refractivity contribution in [3.8, 4) is 5.88 Å². The second-order valence-corrected chi connectivity index (χ2v) is 5.85. The third kappa shape index (κ3) is 3.96. The number of pyridine rings is 1. The molecule has 23 heavy (non-hydrogen) atoms. The fraction of sp³-hybridized carbons (Fsp3) is 0.412. The molecule has 0 amide bonds. The number of nitrogens with zero attached hydrogens (tertiary/aromatic N) is 2. The molecule has 1 fully saturated rings. The number of hydrogen-bond donors (Lipinski definition) is 1. The Labute approximate surface area is 141 Å². The van der Waals surface area contributed by atoms with Gasteiger partial charge in [-0.05, 0) is 6.07 Å². The number of rotatable bonds is 5. The van der Waals surface area contributed by atoms with Crippen LogP contribution in [0.3, 0.4) is 0 Å². The number of morpholine rings is 1. The summed E-state index contributed by atoms with van der Waals surface area (Å²) in [6.45, 7) is 5.38. The summed E-state index contributed by atoms with van der Waals surface area (Å²) in [5.41, 5.74) is 1.85. The van der Waals surface area contributed by atoms with Crippen LogP contribution in [0.2, 0.25) is 0 Å². The lowest BCUT2D eigenvalue weighted by Crippen LogP contribution is -2.41. The van der Waals surface area contributed by atoms with Gasteiger partial charge in [0.15, 0.2) is 0 Å².